The summed E-state index contributed by atoms with van der Waals surface area (Å²) >= 11 is 0. The number of morpholine rings is 1. The first-order valence-corrected chi connectivity index (χ1v) is 8.44. The maximum absolute atomic E-state index is 12.7. The highest BCUT2D eigenvalue weighted by atomic mass is 16.5. The number of ether oxygens (including phenoxy) is 1. The Balaban J connectivity index is 1.67. The number of likely N-dealkylation sites (tertiary alicyclic amines) is 1. The highest BCUT2D eigenvalue weighted by Gasteiger charge is 2.37. The molecule has 0 aromatic carbocycles. The third kappa shape index (κ3) is 3.43. The van der Waals surface area contributed by atoms with E-state index in [1.165, 1.54) is 0 Å². The second-order valence-corrected chi connectivity index (χ2v) is 7.73. The highest BCUT2D eigenvalue weighted by Crippen LogP contribution is 2.26. The monoisotopic (exact) mass is 321 g/mol. The van der Waals surface area contributed by atoms with E-state index in [0.717, 1.165) is 45.2 Å². The summed E-state index contributed by atoms with van der Waals surface area (Å²) in [5.41, 5.74) is 0.282. The fourth-order valence-corrected chi connectivity index (χ4v) is 3.39. The molecule has 2 fully saturated rings. The van der Waals surface area contributed by atoms with Gasteiger partial charge in [0, 0.05) is 43.7 Å². The number of carbonyl (C=O) groups is 1. The fourth-order valence-electron chi connectivity index (χ4n) is 3.39. The Labute approximate surface area is 137 Å². The lowest BCUT2D eigenvalue weighted by Crippen LogP contribution is -2.47. The van der Waals surface area contributed by atoms with Gasteiger partial charge in [-0.1, -0.05) is 32.9 Å². The van der Waals surface area contributed by atoms with Gasteiger partial charge < -0.3 is 14.2 Å². The van der Waals surface area contributed by atoms with Gasteiger partial charge in [-0.3, -0.25) is 9.69 Å². The third-order valence-electron chi connectivity index (χ3n) is 4.84. The molecule has 0 bridgehead atoms. The maximum Gasteiger partial charge on any atom is 0.276 e. The molecule has 1 aromatic heterocycles. The van der Waals surface area contributed by atoms with Crippen molar-refractivity contribution < 1.29 is 14.1 Å². The van der Waals surface area contributed by atoms with E-state index < -0.39 is 0 Å². The third-order valence-corrected chi connectivity index (χ3v) is 4.84. The van der Waals surface area contributed by atoms with Crippen LogP contribution in [0.4, 0.5) is 0 Å². The number of rotatable bonds is 2. The second kappa shape index (κ2) is 6.24. The normalized spacial score (nSPS) is 26.7. The van der Waals surface area contributed by atoms with Crippen LogP contribution in [0.25, 0.3) is 0 Å². The predicted octanol–water partition coefficient (Wildman–Crippen LogP) is 1.76. The lowest BCUT2D eigenvalue weighted by atomic mass is 9.93. The second-order valence-electron chi connectivity index (χ2n) is 7.73. The SMILES string of the molecule is C[C@H]1CN(C(=O)c2cc(C(C)(C)C)on2)C[C@@H]1N1CCOCC1. The number of amides is 1. The van der Waals surface area contributed by atoms with Crippen molar-refractivity contribution >= 4 is 5.91 Å². The number of aromatic nitrogens is 1. The quantitative estimate of drug-likeness (QED) is 0.831. The molecule has 0 unspecified atom stereocenters. The molecule has 0 saturated carbocycles. The summed E-state index contributed by atoms with van der Waals surface area (Å²) in [4.78, 5) is 17.1. The molecule has 1 aromatic rings. The van der Waals surface area contributed by atoms with Gasteiger partial charge in [0.05, 0.1) is 13.2 Å². The minimum atomic E-state index is -0.139. The largest absolute Gasteiger partial charge is 0.379 e. The van der Waals surface area contributed by atoms with Crippen LogP contribution in [0.5, 0.6) is 0 Å². The van der Waals surface area contributed by atoms with Crippen molar-refractivity contribution in [3.63, 3.8) is 0 Å². The van der Waals surface area contributed by atoms with Gasteiger partial charge in [0.2, 0.25) is 0 Å². The first-order chi connectivity index (χ1) is 10.9. The molecular formula is C17H27N3O3. The van der Waals surface area contributed by atoms with E-state index in [4.69, 9.17) is 9.26 Å². The molecule has 1 amide bonds. The number of carbonyl (C=O) groups excluding carboxylic acids is 1. The van der Waals surface area contributed by atoms with Crippen LogP contribution < -0.4 is 0 Å². The zero-order valence-electron chi connectivity index (χ0n) is 14.5. The summed E-state index contributed by atoms with van der Waals surface area (Å²) in [7, 11) is 0. The van der Waals surface area contributed by atoms with Crippen molar-refractivity contribution in [1.29, 1.82) is 0 Å². The molecule has 3 heterocycles. The minimum Gasteiger partial charge on any atom is -0.379 e. The molecule has 2 aliphatic heterocycles. The average Bonchev–Trinajstić information content (AvgIpc) is 3.14. The van der Waals surface area contributed by atoms with E-state index >= 15 is 0 Å². The van der Waals surface area contributed by atoms with E-state index in [0.29, 0.717) is 17.7 Å². The molecule has 0 radical (unpaired) electrons. The number of hydrogen-bond acceptors (Lipinski definition) is 5. The molecule has 0 spiro atoms. The summed E-state index contributed by atoms with van der Waals surface area (Å²) in [6, 6.07) is 2.20. The topological polar surface area (TPSA) is 58.8 Å². The molecule has 23 heavy (non-hydrogen) atoms. The molecular weight excluding hydrogens is 294 g/mol. The Hall–Kier alpha value is -1.40. The zero-order valence-corrected chi connectivity index (χ0v) is 14.5. The van der Waals surface area contributed by atoms with Gasteiger partial charge in [-0.05, 0) is 5.92 Å². The fraction of sp³-hybridized carbons (Fsp3) is 0.765. The zero-order chi connectivity index (χ0) is 16.6. The van der Waals surface area contributed by atoms with Crippen LogP contribution in [0.3, 0.4) is 0 Å². The smallest absolute Gasteiger partial charge is 0.276 e. The minimum absolute atomic E-state index is 0.0214. The van der Waals surface area contributed by atoms with E-state index in [1.807, 2.05) is 25.7 Å². The van der Waals surface area contributed by atoms with Crippen molar-refractivity contribution in [3.8, 4) is 0 Å². The average molecular weight is 321 g/mol. The number of hydrogen-bond donors (Lipinski definition) is 0. The van der Waals surface area contributed by atoms with Crippen LogP contribution in [-0.4, -0.2) is 66.3 Å². The lowest BCUT2D eigenvalue weighted by Gasteiger charge is -2.33. The molecule has 2 atom stereocenters. The molecule has 6 heteroatoms. The van der Waals surface area contributed by atoms with Gasteiger partial charge in [0.1, 0.15) is 5.76 Å². The van der Waals surface area contributed by atoms with Gasteiger partial charge in [0.25, 0.3) is 5.91 Å². The van der Waals surface area contributed by atoms with Crippen LogP contribution in [-0.2, 0) is 10.2 Å². The van der Waals surface area contributed by atoms with E-state index in [1.54, 1.807) is 6.07 Å². The Morgan fingerprint density at radius 2 is 1.96 bits per heavy atom. The number of nitrogens with zero attached hydrogens (tertiary/aromatic N) is 3. The van der Waals surface area contributed by atoms with E-state index in [2.05, 4.69) is 17.0 Å². The van der Waals surface area contributed by atoms with Crippen molar-refractivity contribution in [1.82, 2.24) is 15.0 Å². The van der Waals surface area contributed by atoms with Crippen LogP contribution in [0, 0.1) is 5.92 Å². The van der Waals surface area contributed by atoms with Crippen LogP contribution in [0.2, 0.25) is 0 Å². The van der Waals surface area contributed by atoms with Gasteiger partial charge in [-0.25, -0.2) is 0 Å². The summed E-state index contributed by atoms with van der Waals surface area (Å²) < 4.78 is 10.8. The first kappa shape index (κ1) is 16.5. The Morgan fingerprint density at radius 3 is 2.57 bits per heavy atom. The first-order valence-electron chi connectivity index (χ1n) is 8.44. The molecule has 0 N–H and O–H groups in total. The van der Waals surface area contributed by atoms with Crippen molar-refractivity contribution in [3.05, 3.63) is 17.5 Å². The van der Waals surface area contributed by atoms with Crippen molar-refractivity contribution in [2.75, 3.05) is 39.4 Å². The molecule has 2 saturated heterocycles. The molecule has 128 valence electrons. The molecule has 2 aliphatic rings. The molecule has 3 rings (SSSR count). The lowest BCUT2D eigenvalue weighted by molar-refractivity contribution is 0.0119. The molecule has 0 aliphatic carbocycles. The highest BCUT2D eigenvalue weighted by molar-refractivity contribution is 5.92. The van der Waals surface area contributed by atoms with Crippen molar-refractivity contribution in [2.24, 2.45) is 5.92 Å². The Morgan fingerprint density at radius 1 is 1.26 bits per heavy atom. The summed E-state index contributed by atoms with van der Waals surface area (Å²) in [6.45, 7) is 13.4. The van der Waals surface area contributed by atoms with E-state index in [9.17, 15) is 4.79 Å². The standard InChI is InChI=1S/C17H27N3O3/c1-12-10-20(11-14(12)19-5-7-22-8-6-19)16(21)13-9-15(23-18-13)17(2,3)4/h9,12,14H,5-8,10-11H2,1-4H3/t12-,14-/m0/s1. The summed E-state index contributed by atoms with van der Waals surface area (Å²) in [5.74, 6) is 1.19. The van der Waals surface area contributed by atoms with Crippen LogP contribution >= 0.6 is 0 Å². The predicted molar refractivity (Wildman–Crippen MR) is 86.5 cm³/mol. The van der Waals surface area contributed by atoms with Gasteiger partial charge >= 0.3 is 0 Å². The van der Waals surface area contributed by atoms with Crippen LogP contribution in [0.1, 0.15) is 43.9 Å². The van der Waals surface area contributed by atoms with E-state index in [-0.39, 0.29) is 11.3 Å². The molecule has 6 nitrogen and oxygen atoms in total. The van der Waals surface area contributed by atoms with Gasteiger partial charge in [0.15, 0.2) is 5.69 Å². The maximum atomic E-state index is 12.7. The summed E-state index contributed by atoms with van der Waals surface area (Å²) in [6.07, 6.45) is 0. The Bertz CT molecular complexity index is 558. The van der Waals surface area contributed by atoms with Gasteiger partial charge in [-0.15, -0.1) is 0 Å². The Kier molecular flexibility index (Phi) is 4.47. The summed E-state index contributed by atoms with van der Waals surface area (Å²) in [5, 5.41) is 3.99. The van der Waals surface area contributed by atoms with Crippen molar-refractivity contribution in [2.45, 2.75) is 39.2 Å². The van der Waals surface area contributed by atoms with Gasteiger partial charge in [-0.2, -0.15) is 0 Å². The van der Waals surface area contributed by atoms with Crippen LogP contribution in [0.15, 0.2) is 10.6 Å².